The van der Waals surface area contributed by atoms with Crippen molar-refractivity contribution in [1.82, 2.24) is 20.3 Å². The molecule has 0 amide bonds. The normalized spacial score (nSPS) is 20.8. The summed E-state index contributed by atoms with van der Waals surface area (Å²) in [7, 11) is -2.11. The van der Waals surface area contributed by atoms with Crippen molar-refractivity contribution in [3.63, 3.8) is 0 Å². The second-order valence-corrected chi connectivity index (χ2v) is 11.9. The number of alkyl halides is 2. The molecular formula is C26H27F3N6O4S2. The first-order valence-electron chi connectivity index (χ1n) is 12.7. The molecule has 4 heterocycles. The number of hydrogen-bond donors (Lipinski definition) is 3. The number of nitrogens with one attached hydrogen (secondary N) is 3. The van der Waals surface area contributed by atoms with Gasteiger partial charge in [0, 0.05) is 37.4 Å². The molecule has 2 fully saturated rings. The van der Waals surface area contributed by atoms with Gasteiger partial charge in [-0.2, -0.15) is 0 Å². The maximum Gasteiger partial charge on any atom is 0.262 e. The zero-order valence-electron chi connectivity index (χ0n) is 21.9. The molecule has 1 unspecified atom stereocenters. The summed E-state index contributed by atoms with van der Waals surface area (Å²) in [5.41, 5.74) is 0.483. The summed E-state index contributed by atoms with van der Waals surface area (Å²) in [5.74, 6) is -4.05. The minimum absolute atomic E-state index is 0.0359. The molecule has 0 aliphatic carbocycles. The fourth-order valence-corrected chi connectivity index (χ4v) is 6.26. The number of hydrogen-bond acceptors (Lipinski definition) is 10. The quantitative estimate of drug-likeness (QED) is 0.321. The second-order valence-electron chi connectivity index (χ2n) is 9.56. The van der Waals surface area contributed by atoms with E-state index in [0.29, 0.717) is 35.2 Å². The Hall–Kier alpha value is -3.40. The van der Waals surface area contributed by atoms with Crippen LogP contribution in [-0.2, 0) is 20.5 Å². The Kier molecular flexibility index (Phi) is 8.68. The van der Waals surface area contributed by atoms with Gasteiger partial charge in [0.15, 0.2) is 22.6 Å². The number of piperidine rings is 1. The van der Waals surface area contributed by atoms with E-state index in [1.54, 1.807) is 13.0 Å². The monoisotopic (exact) mass is 608 g/mol. The Morgan fingerprint density at radius 1 is 1.34 bits per heavy atom. The van der Waals surface area contributed by atoms with Crippen molar-refractivity contribution in [2.45, 2.75) is 31.7 Å². The first kappa shape index (κ1) is 29.1. The van der Waals surface area contributed by atoms with Gasteiger partial charge < -0.3 is 20.1 Å². The van der Waals surface area contributed by atoms with E-state index in [1.807, 2.05) is 0 Å². The third-order valence-corrected chi connectivity index (χ3v) is 8.53. The van der Waals surface area contributed by atoms with Gasteiger partial charge >= 0.3 is 0 Å². The molecule has 15 heteroatoms. The minimum Gasteiger partial charge on any atom is -0.434 e. The first-order valence-corrected chi connectivity index (χ1v) is 14.7. The maximum atomic E-state index is 15.5. The molecule has 3 atom stereocenters. The Morgan fingerprint density at radius 2 is 2.17 bits per heavy atom. The molecule has 41 heavy (non-hydrogen) atoms. The van der Waals surface area contributed by atoms with E-state index in [2.05, 4.69) is 36.9 Å². The fourth-order valence-electron chi connectivity index (χ4n) is 4.48. The first-order chi connectivity index (χ1) is 19.6. The van der Waals surface area contributed by atoms with Gasteiger partial charge in [0.05, 0.1) is 35.5 Å². The Labute approximate surface area is 240 Å². The van der Waals surface area contributed by atoms with Crippen LogP contribution in [0.4, 0.5) is 24.8 Å². The number of aryl methyl sites for hydroxylation is 1. The van der Waals surface area contributed by atoms with Crippen LogP contribution in [0, 0.1) is 18.7 Å². The lowest BCUT2D eigenvalue weighted by Gasteiger charge is -2.30. The predicted octanol–water partition coefficient (Wildman–Crippen LogP) is 4.53. The van der Waals surface area contributed by atoms with Crippen molar-refractivity contribution >= 4 is 45.1 Å². The lowest BCUT2D eigenvalue weighted by atomic mass is 10.0. The highest BCUT2D eigenvalue weighted by Crippen LogP contribution is 2.39. The number of carbonyl (C=O) groups excluding carboxylic acids is 1. The number of carbonyl (C=O) groups is 1. The smallest absolute Gasteiger partial charge is 0.262 e. The van der Waals surface area contributed by atoms with E-state index < -0.39 is 39.8 Å². The van der Waals surface area contributed by atoms with Crippen molar-refractivity contribution < 1.29 is 31.6 Å². The van der Waals surface area contributed by atoms with Gasteiger partial charge in [-0.3, -0.25) is 9.52 Å². The number of anilines is 2. The van der Waals surface area contributed by atoms with Crippen LogP contribution in [0.2, 0.25) is 0 Å². The molecule has 0 bridgehead atoms. The number of nitrogens with zero attached hydrogens (tertiary/aromatic N) is 3. The third kappa shape index (κ3) is 6.74. The molecule has 3 N–H and O–H groups in total. The van der Waals surface area contributed by atoms with Gasteiger partial charge in [-0.25, -0.2) is 32.3 Å². The van der Waals surface area contributed by atoms with E-state index in [9.17, 15) is 17.8 Å². The lowest BCUT2D eigenvalue weighted by Crippen LogP contribution is -2.49. The lowest BCUT2D eigenvalue weighted by molar-refractivity contribution is -0.114. The predicted molar refractivity (Wildman–Crippen MR) is 150 cm³/mol. The number of ether oxygens (including phenoxy) is 2. The molecule has 3 aromatic rings. The average Bonchev–Trinajstić information content (AvgIpc) is 3.59. The van der Waals surface area contributed by atoms with E-state index in [1.165, 1.54) is 35.7 Å². The average molecular weight is 609 g/mol. The van der Waals surface area contributed by atoms with Crippen LogP contribution >= 0.6 is 11.3 Å². The van der Waals surface area contributed by atoms with E-state index >= 15 is 4.39 Å². The van der Waals surface area contributed by atoms with Gasteiger partial charge in [0.25, 0.3) is 5.92 Å². The minimum atomic E-state index is -2.84. The van der Waals surface area contributed by atoms with Crippen molar-refractivity contribution in [2.75, 3.05) is 36.3 Å². The Balaban J connectivity index is 1.35. The topological polar surface area (TPSA) is 127 Å². The molecule has 1 aromatic carbocycles. The second kappa shape index (κ2) is 12.2. The van der Waals surface area contributed by atoms with Gasteiger partial charge in [0.1, 0.15) is 4.88 Å². The van der Waals surface area contributed by atoms with Crippen molar-refractivity contribution in [3.8, 4) is 22.2 Å². The number of thiazole rings is 1. The molecule has 2 aliphatic rings. The van der Waals surface area contributed by atoms with Crippen LogP contribution in [0.1, 0.15) is 23.4 Å². The number of halogens is 3. The van der Waals surface area contributed by atoms with Gasteiger partial charge in [-0.15, -0.1) is 11.3 Å². The van der Waals surface area contributed by atoms with Crippen LogP contribution in [-0.4, -0.2) is 62.5 Å². The molecule has 0 radical (unpaired) electrons. The molecule has 2 aliphatic heterocycles. The van der Waals surface area contributed by atoms with Crippen molar-refractivity contribution in [2.24, 2.45) is 5.92 Å². The third-order valence-electron chi connectivity index (χ3n) is 6.45. The highest BCUT2D eigenvalue weighted by atomic mass is 32.2. The Bertz CT molecular complexity index is 1480. The van der Waals surface area contributed by atoms with Crippen LogP contribution in [0.3, 0.4) is 0 Å². The molecular weight excluding hydrogens is 581 g/mol. The highest BCUT2D eigenvalue weighted by Gasteiger charge is 2.36. The molecule has 218 valence electrons. The largest absolute Gasteiger partial charge is 0.434 e. The molecule has 2 saturated heterocycles. The Morgan fingerprint density at radius 3 is 2.90 bits per heavy atom. The number of aromatic nitrogens is 3. The van der Waals surface area contributed by atoms with Gasteiger partial charge in [-0.1, -0.05) is 12.7 Å². The molecule has 2 aromatic heterocycles. The summed E-state index contributed by atoms with van der Waals surface area (Å²) in [6, 6.07) is 3.80. The van der Waals surface area contributed by atoms with E-state index in [-0.39, 0.29) is 48.4 Å². The maximum absolute atomic E-state index is 15.5. The summed E-state index contributed by atoms with van der Waals surface area (Å²) in [4.78, 5) is 25.9. The molecule has 0 spiro atoms. The summed E-state index contributed by atoms with van der Waals surface area (Å²) in [6.45, 7) is 5.97. The van der Waals surface area contributed by atoms with Crippen LogP contribution in [0.15, 0.2) is 31.0 Å². The summed E-state index contributed by atoms with van der Waals surface area (Å²) in [6.07, 6.45) is 2.83. The van der Waals surface area contributed by atoms with E-state index in [0.717, 1.165) is 0 Å². The highest BCUT2D eigenvalue weighted by molar-refractivity contribution is 8.01. The van der Waals surface area contributed by atoms with Crippen LogP contribution in [0.25, 0.3) is 16.6 Å². The standard InChI is InChI=1S/C26H27F3N6O4S2/c1-3-17-18(35-41(37)24(36)15-7-9-38-12-15)4-5-20(21(17)27)39-23-22(40-14(2)32-23)19-6-8-31-25(34-19)33-16-10-26(28,29)13-30-11-16/h3-6,8,15-16,30,35H,1,7,9-13H2,2H3,(H,31,33,34)/t15-,16-,41?/m0/s1. The number of rotatable bonds is 9. The zero-order chi connectivity index (χ0) is 29.1. The molecule has 10 nitrogen and oxygen atoms in total. The fraction of sp³-hybridized carbons (Fsp3) is 0.385. The summed E-state index contributed by atoms with van der Waals surface area (Å²) in [5, 5.41) is 5.73. The van der Waals surface area contributed by atoms with Crippen LogP contribution < -0.4 is 20.1 Å². The zero-order valence-corrected chi connectivity index (χ0v) is 23.5. The number of benzene rings is 1. The summed E-state index contributed by atoms with van der Waals surface area (Å²) < 4.78 is 69.3. The molecule has 0 saturated carbocycles. The van der Waals surface area contributed by atoms with Crippen LogP contribution in [0.5, 0.6) is 11.6 Å². The van der Waals surface area contributed by atoms with Gasteiger partial charge in [0.2, 0.25) is 16.9 Å². The molecule has 5 rings (SSSR count). The van der Waals surface area contributed by atoms with E-state index in [4.69, 9.17) is 9.47 Å². The SMILES string of the molecule is C=Cc1c(NS(=O)C(=O)[C@H]2CCOC2)ccc(Oc2nc(C)sc2-c2ccnc(N[C@@H]3CNCC(F)(F)C3)n2)c1F. The van der Waals surface area contributed by atoms with Crippen molar-refractivity contribution in [3.05, 3.63) is 47.4 Å². The van der Waals surface area contributed by atoms with Gasteiger partial charge in [-0.05, 0) is 31.5 Å². The summed E-state index contributed by atoms with van der Waals surface area (Å²) >= 11 is 1.25. The van der Waals surface area contributed by atoms with Crippen molar-refractivity contribution in [1.29, 1.82) is 0 Å².